The highest BCUT2D eigenvalue weighted by atomic mass is 16.3. The summed E-state index contributed by atoms with van der Waals surface area (Å²) in [5.74, 6) is 0. The van der Waals surface area contributed by atoms with Crippen LogP contribution in [0.1, 0.15) is 0 Å². The summed E-state index contributed by atoms with van der Waals surface area (Å²) < 4.78 is 6.48. The van der Waals surface area contributed by atoms with Crippen molar-refractivity contribution in [3.8, 4) is 55.6 Å². The number of nitrogens with zero attached hydrogens (tertiary/aromatic N) is 1. The number of benzene rings is 9. The highest BCUT2D eigenvalue weighted by Crippen LogP contribution is 2.41. The van der Waals surface area contributed by atoms with Crippen LogP contribution in [0.5, 0.6) is 0 Å². The zero-order valence-electron chi connectivity index (χ0n) is 30.7. The highest BCUT2D eigenvalue weighted by Gasteiger charge is 2.17. The van der Waals surface area contributed by atoms with Gasteiger partial charge in [0.25, 0.3) is 0 Å². The van der Waals surface area contributed by atoms with Crippen LogP contribution >= 0.6 is 0 Å². The van der Waals surface area contributed by atoms with Crippen molar-refractivity contribution in [2.24, 2.45) is 0 Å². The molecule has 0 N–H and O–H groups in total. The third kappa shape index (κ3) is 6.34. The fourth-order valence-electron chi connectivity index (χ4n) is 7.86. The molecule has 2 nitrogen and oxygen atoms in total. The van der Waals surface area contributed by atoms with E-state index in [-0.39, 0.29) is 0 Å². The number of hydrogen-bond acceptors (Lipinski definition) is 2. The number of rotatable bonds is 8. The molecule has 0 aliphatic carbocycles. The first kappa shape index (κ1) is 33.2. The predicted molar refractivity (Wildman–Crippen MR) is 236 cm³/mol. The standard InChI is InChI=1S/C54H37NO/c1-3-13-38(14-4-1)42-17-9-19-44(35-42)40-27-31-47(32-28-40)55(48-33-29-41(30-34-48)45-20-10-18-43(36-45)39-15-5-2-6-16-39)49-22-11-21-46(37-49)50-24-12-25-52-51-23-7-8-26-53(51)56-54(50)52/h1-37H. The number of anilines is 3. The molecular weight excluding hydrogens is 679 g/mol. The average molecular weight is 716 g/mol. The molecule has 2 heteroatoms. The monoisotopic (exact) mass is 715 g/mol. The molecule has 56 heavy (non-hydrogen) atoms. The van der Waals surface area contributed by atoms with Gasteiger partial charge in [-0.05, 0) is 105 Å². The molecular formula is C54H37NO. The van der Waals surface area contributed by atoms with Gasteiger partial charge in [0, 0.05) is 33.4 Å². The van der Waals surface area contributed by atoms with Crippen LogP contribution in [0, 0.1) is 0 Å². The topological polar surface area (TPSA) is 16.4 Å². The molecule has 1 aromatic heterocycles. The molecule has 264 valence electrons. The Kier molecular flexibility index (Phi) is 8.55. The maximum atomic E-state index is 6.48. The Morgan fingerprint density at radius 1 is 0.268 bits per heavy atom. The van der Waals surface area contributed by atoms with Crippen molar-refractivity contribution < 1.29 is 4.42 Å². The van der Waals surface area contributed by atoms with E-state index >= 15 is 0 Å². The lowest BCUT2D eigenvalue weighted by molar-refractivity contribution is 0.670. The van der Waals surface area contributed by atoms with Crippen molar-refractivity contribution in [2.75, 3.05) is 4.90 Å². The van der Waals surface area contributed by atoms with E-state index in [1.807, 2.05) is 12.1 Å². The smallest absolute Gasteiger partial charge is 0.143 e. The minimum Gasteiger partial charge on any atom is -0.455 e. The maximum Gasteiger partial charge on any atom is 0.143 e. The highest BCUT2D eigenvalue weighted by molar-refractivity contribution is 6.09. The van der Waals surface area contributed by atoms with Crippen molar-refractivity contribution in [3.63, 3.8) is 0 Å². The summed E-state index contributed by atoms with van der Waals surface area (Å²) in [6.07, 6.45) is 0. The lowest BCUT2D eigenvalue weighted by atomic mass is 9.98. The Balaban J connectivity index is 1.05. The van der Waals surface area contributed by atoms with Gasteiger partial charge < -0.3 is 9.32 Å². The second kappa shape index (κ2) is 14.4. The molecule has 1 heterocycles. The van der Waals surface area contributed by atoms with Crippen LogP contribution in [0.15, 0.2) is 229 Å². The molecule has 0 spiro atoms. The molecule has 0 saturated heterocycles. The van der Waals surface area contributed by atoms with Gasteiger partial charge in [-0.15, -0.1) is 0 Å². The van der Waals surface area contributed by atoms with Gasteiger partial charge >= 0.3 is 0 Å². The van der Waals surface area contributed by atoms with E-state index in [1.54, 1.807) is 0 Å². The van der Waals surface area contributed by atoms with Crippen LogP contribution in [0.2, 0.25) is 0 Å². The Bertz CT molecular complexity index is 2820. The summed E-state index contributed by atoms with van der Waals surface area (Å²) in [5, 5.41) is 2.25. The summed E-state index contributed by atoms with van der Waals surface area (Å²) in [6, 6.07) is 80.0. The van der Waals surface area contributed by atoms with Crippen molar-refractivity contribution >= 4 is 39.0 Å². The van der Waals surface area contributed by atoms with E-state index in [9.17, 15) is 0 Å². The van der Waals surface area contributed by atoms with Gasteiger partial charge in [-0.25, -0.2) is 0 Å². The number of hydrogen-bond donors (Lipinski definition) is 0. The van der Waals surface area contributed by atoms with Crippen LogP contribution in [0.3, 0.4) is 0 Å². The Hall–Kier alpha value is -7.42. The van der Waals surface area contributed by atoms with Gasteiger partial charge in [-0.2, -0.15) is 0 Å². The minimum absolute atomic E-state index is 0.900. The lowest BCUT2D eigenvalue weighted by Gasteiger charge is -2.26. The van der Waals surface area contributed by atoms with Gasteiger partial charge in [0.2, 0.25) is 0 Å². The summed E-state index contributed by atoms with van der Waals surface area (Å²) in [6.45, 7) is 0. The largest absolute Gasteiger partial charge is 0.455 e. The summed E-state index contributed by atoms with van der Waals surface area (Å²) in [7, 11) is 0. The average Bonchev–Trinajstić information content (AvgIpc) is 3.67. The second-order valence-corrected chi connectivity index (χ2v) is 14.2. The Morgan fingerprint density at radius 3 is 1.27 bits per heavy atom. The van der Waals surface area contributed by atoms with Crippen molar-refractivity contribution in [3.05, 3.63) is 224 Å². The van der Waals surface area contributed by atoms with Crippen LogP contribution in [-0.4, -0.2) is 0 Å². The van der Waals surface area contributed by atoms with Crippen molar-refractivity contribution in [1.29, 1.82) is 0 Å². The number of para-hydroxylation sites is 2. The van der Waals surface area contributed by atoms with Gasteiger partial charge in [0.15, 0.2) is 0 Å². The molecule has 9 aromatic carbocycles. The van der Waals surface area contributed by atoms with E-state index in [1.165, 1.54) is 44.5 Å². The van der Waals surface area contributed by atoms with E-state index < -0.39 is 0 Å². The fraction of sp³-hybridized carbons (Fsp3) is 0. The molecule has 0 saturated carbocycles. The van der Waals surface area contributed by atoms with E-state index in [0.717, 1.165) is 50.1 Å². The first-order chi connectivity index (χ1) is 27.7. The van der Waals surface area contributed by atoms with Gasteiger partial charge in [-0.1, -0.05) is 170 Å². The van der Waals surface area contributed by atoms with E-state index in [4.69, 9.17) is 4.42 Å². The predicted octanol–water partition coefficient (Wildman–Crippen LogP) is 15.4. The fourth-order valence-corrected chi connectivity index (χ4v) is 7.86. The molecule has 0 amide bonds. The second-order valence-electron chi connectivity index (χ2n) is 14.2. The SMILES string of the molecule is c1ccc(-c2cccc(-c3ccc(N(c4ccc(-c5cccc(-c6ccccc6)c5)cc4)c4cccc(-c5cccc6c5oc5ccccc56)c4)cc3)c2)cc1. The summed E-state index contributed by atoms with van der Waals surface area (Å²) in [5.41, 5.74) is 16.7. The molecule has 0 aliphatic heterocycles. The molecule has 0 fully saturated rings. The van der Waals surface area contributed by atoms with Crippen LogP contribution in [0.25, 0.3) is 77.6 Å². The van der Waals surface area contributed by atoms with Crippen molar-refractivity contribution in [1.82, 2.24) is 0 Å². The molecule has 10 aromatic rings. The third-order valence-electron chi connectivity index (χ3n) is 10.7. The third-order valence-corrected chi connectivity index (χ3v) is 10.7. The summed E-state index contributed by atoms with van der Waals surface area (Å²) in [4.78, 5) is 2.34. The molecule has 0 unspecified atom stereocenters. The first-order valence-electron chi connectivity index (χ1n) is 19.1. The Morgan fingerprint density at radius 2 is 0.696 bits per heavy atom. The zero-order chi connectivity index (χ0) is 37.3. The molecule has 0 atom stereocenters. The van der Waals surface area contributed by atoms with E-state index in [0.29, 0.717) is 0 Å². The quantitative estimate of drug-likeness (QED) is 0.156. The molecule has 10 rings (SSSR count). The molecule has 0 radical (unpaired) electrons. The number of fused-ring (bicyclic) bond motifs is 3. The molecule has 0 aliphatic rings. The maximum absolute atomic E-state index is 6.48. The molecule has 0 bridgehead atoms. The minimum atomic E-state index is 0.900. The van der Waals surface area contributed by atoms with Gasteiger partial charge in [-0.3, -0.25) is 0 Å². The van der Waals surface area contributed by atoms with Crippen LogP contribution < -0.4 is 4.90 Å². The van der Waals surface area contributed by atoms with E-state index in [2.05, 4.69) is 217 Å². The summed E-state index contributed by atoms with van der Waals surface area (Å²) >= 11 is 0. The zero-order valence-corrected chi connectivity index (χ0v) is 30.7. The normalized spacial score (nSPS) is 11.2. The van der Waals surface area contributed by atoms with Crippen molar-refractivity contribution in [2.45, 2.75) is 0 Å². The Labute approximate surface area is 327 Å². The lowest BCUT2D eigenvalue weighted by Crippen LogP contribution is -2.10. The number of furan rings is 1. The van der Waals surface area contributed by atoms with Crippen LogP contribution in [-0.2, 0) is 0 Å². The first-order valence-corrected chi connectivity index (χ1v) is 19.1. The van der Waals surface area contributed by atoms with Gasteiger partial charge in [0.1, 0.15) is 11.2 Å². The van der Waals surface area contributed by atoms with Gasteiger partial charge in [0.05, 0.1) is 0 Å². The van der Waals surface area contributed by atoms with Crippen LogP contribution in [0.4, 0.5) is 17.1 Å².